The van der Waals surface area contributed by atoms with E-state index >= 15 is 0 Å². The number of carbonyl (C=O) groups is 2. The second kappa shape index (κ2) is 17.2. The molecule has 224 valence electrons. The lowest BCUT2D eigenvalue weighted by Crippen LogP contribution is -2.42. The highest BCUT2D eigenvalue weighted by atomic mass is 19.4. The standard InChI is InChI=1S/C29H40N4O.C2HF3O2/c1-4-6-9-21-33(20-5-2)32-29(34)17-16-24-12-14-25(15-13-24)22-30-19-18-26-23(3)31-28-11-8-7-10-27(26)28;3-2(4,5)1(6)7/h7-8,10-17,30-31H,4-6,9,18-22H2,1-3H3,(H,32,34);(H,6,7)/b17-16+;. The Balaban J connectivity index is 0.000000745. The molecule has 0 radical (unpaired) electrons. The number of hydrogen-bond acceptors (Lipinski definition) is 4. The zero-order chi connectivity index (χ0) is 30.3. The number of aromatic nitrogens is 1. The number of H-pyrrole nitrogens is 1. The molecule has 0 aliphatic carbocycles. The van der Waals surface area contributed by atoms with Crippen molar-refractivity contribution in [2.75, 3.05) is 19.6 Å². The van der Waals surface area contributed by atoms with Gasteiger partial charge in [0.2, 0.25) is 0 Å². The fraction of sp³-hybridized carbons (Fsp3) is 0.419. The number of aliphatic carboxylic acids is 1. The van der Waals surface area contributed by atoms with Gasteiger partial charge in [0.1, 0.15) is 0 Å². The van der Waals surface area contributed by atoms with Crippen LogP contribution in [0.15, 0.2) is 54.6 Å². The summed E-state index contributed by atoms with van der Waals surface area (Å²) in [6.07, 6.45) is 3.92. The van der Waals surface area contributed by atoms with Crippen molar-refractivity contribution < 1.29 is 27.9 Å². The summed E-state index contributed by atoms with van der Waals surface area (Å²) in [6.45, 7) is 10.0. The number of benzene rings is 2. The predicted molar refractivity (Wildman–Crippen MR) is 157 cm³/mol. The number of carboxylic acid groups (broad SMARTS) is 1. The summed E-state index contributed by atoms with van der Waals surface area (Å²) in [7, 11) is 0. The molecule has 2 aromatic carbocycles. The highest BCUT2D eigenvalue weighted by Gasteiger charge is 2.38. The van der Waals surface area contributed by atoms with Crippen LogP contribution in [0, 0.1) is 6.92 Å². The minimum Gasteiger partial charge on any atom is -0.475 e. The number of aromatic amines is 1. The van der Waals surface area contributed by atoms with Crippen molar-refractivity contribution in [1.82, 2.24) is 20.7 Å². The van der Waals surface area contributed by atoms with Crippen LogP contribution >= 0.6 is 0 Å². The maximum Gasteiger partial charge on any atom is 0.490 e. The van der Waals surface area contributed by atoms with E-state index in [1.807, 2.05) is 11.1 Å². The van der Waals surface area contributed by atoms with E-state index in [1.165, 1.54) is 40.6 Å². The van der Waals surface area contributed by atoms with Gasteiger partial charge in [-0.15, -0.1) is 0 Å². The Bertz CT molecular complexity index is 1250. The molecule has 3 rings (SSSR count). The number of rotatable bonds is 14. The van der Waals surface area contributed by atoms with Crippen molar-refractivity contribution in [3.63, 3.8) is 0 Å². The molecule has 0 saturated heterocycles. The number of aryl methyl sites for hydroxylation is 1. The molecule has 10 heteroatoms. The van der Waals surface area contributed by atoms with Crippen molar-refractivity contribution in [2.45, 2.75) is 65.6 Å². The Hall–Kier alpha value is -3.63. The third kappa shape index (κ3) is 12.2. The topological polar surface area (TPSA) is 97.5 Å². The number of unbranched alkanes of at least 4 members (excludes halogenated alkanes) is 2. The third-order valence-corrected chi connectivity index (χ3v) is 6.35. The molecule has 4 N–H and O–H groups in total. The van der Waals surface area contributed by atoms with Gasteiger partial charge in [-0.1, -0.05) is 69.2 Å². The van der Waals surface area contributed by atoms with Crippen molar-refractivity contribution in [3.05, 3.63) is 77.0 Å². The number of fused-ring (bicyclic) bond motifs is 1. The zero-order valence-corrected chi connectivity index (χ0v) is 24.0. The first-order valence-corrected chi connectivity index (χ1v) is 13.9. The first-order valence-electron chi connectivity index (χ1n) is 13.9. The lowest BCUT2D eigenvalue weighted by atomic mass is 10.1. The van der Waals surface area contributed by atoms with Crippen molar-refractivity contribution in [2.24, 2.45) is 0 Å². The van der Waals surface area contributed by atoms with Gasteiger partial charge in [-0.25, -0.2) is 9.80 Å². The van der Waals surface area contributed by atoms with E-state index in [2.05, 4.69) is 85.0 Å². The van der Waals surface area contributed by atoms with Crippen LogP contribution in [0.4, 0.5) is 13.2 Å². The molecule has 1 amide bonds. The maximum atomic E-state index is 12.3. The average Bonchev–Trinajstić information content (AvgIpc) is 3.25. The Kier molecular flexibility index (Phi) is 14.1. The fourth-order valence-corrected chi connectivity index (χ4v) is 4.26. The maximum absolute atomic E-state index is 12.3. The van der Waals surface area contributed by atoms with E-state index in [9.17, 15) is 18.0 Å². The largest absolute Gasteiger partial charge is 0.490 e. The molecule has 1 aromatic heterocycles. The zero-order valence-electron chi connectivity index (χ0n) is 24.0. The van der Waals surface area contributed by atoms with Crippen LogP contribution < -0.4 is 10.7 Å². The van der Waals surface area contributed by atoms with Crippen molar-refractivity contribution in [3.8, 4) is 0 Å². The molecule has 1 heterocycles. The molecule has 0 bridgehead atoms. The summed E-state index contributed by atoms with van der Waals surface area (Å²) in [5, 5.41) is 14.0. The van der Waals surface area contributed by atoms with Crippen LogP contribution in [0.5, 0.6) is 0 Å². The first-order chi connectivity index (χ1) is 19.5. The number of nitrogens with zero attached hydrogens (tertiary/aromatic N) is 1. The monoisotopic (exact) mass is 574 g/mol. The average molecular weight is 575 g/mol. The van der Waals surface area contributed by atoms with E-state index < -0.39 is 12.1 Å². The van der Waals surface area contributed by atoms with Gasteiger partial charge in [0.15, 0.2) is 0 Å². The number of hydrazine groups is 1. The lowest BCUT2D eigenvalue weighted by molar-refractivity contribution is -0.192. The molecule has 0 aliphatic heterocycles. The summed E-state index contributed by atoms with van der Waals surface area (Å²) in [5.74, 6) is -2.82. The predicted octanol–water partition coefficient (Wildman–Crippen LogP) is 6.39. The quantitative estimate of drug-likeness (QED) is 0.102. The number of nitrogens with one attached hydrogen (secondary N) is 3. The number of carboxylic acids is 1. The number of carbonyl (C=O) groups excluding carboxylic acids is 1. The summed E-state index contributed by atoms with van der Waals surface area (Å²) >= 11 is 0. The van der Waals surface area contributed by atoms with Gasteiger partial charge < -0.3 is 15.4 Å². The third-order valence-electron chi connectivity index (χ3n) is 6.35. The number of alkyl halides is 3. The molecular weight excluding hydrogens is 533 g/mol. The Labute approximate surface area is 239 Å². The molecule has 0 saturated carbocycles. The van der Waals surface area contributed by atoms with Gasteiger partial charge >= 0.3 is 12.1 Å². The lowest BCUT2D eigenvalue weighted by Gasteiger charge is -2.21. The second-order valence-corrected chi connectivity index (χ2v) is 9.75. The van der Waals surface area contributed by atoms with E-state index in [0.717, 1.165) is 51.0 Å². The normalized spacial score (nSPS) is 11.6. The molecule has 0 atom stereocenters. The van der Waals surface area contributed by atoms with Crippen LogP contribution in [-0.4, -0.2) is 52.8 Å². The number of halogens is 3. The van der Waals surface area contributed by atoms with Crippen LogP contribution in [0.3, 0.4) is 0 Å². The van der Waals surface area contributed by atoms with E-state index in [0.29, 0.717) is 0 Å². The SMILES string of the molecule is CCCCCN(CCC)NC(=O)/C=C/c1ccc(CNCCc2c(C)[nH]c3ccccc23)cc1.O=C(O)C(F)(F)F. The Morgan fingerprint density at radius 1 is 1.00 bits per heavy atom. The Morgan fingerprint density at radius 3 is 2.32 bits per heavy atom. The molecule has 0 aliphatic rings. The highest BCUT2D eigenvalue weighted by molar-refractivity contribution is 5.91. The van der Waals surface area contributed by atoms with Gasteiger partial charge in [-0.3, -0.25) is 10.2 Å². The van der Waals surface area contributed by atoms with Gasteiger partial charge in [-0.05, 0) is 61.6 Å². The number of para-hydroxylation sites is 1. The fourth-order valence-electron chi connectivity index (χ4n) is 4.26. The van der Waals surface area contributed by atoms with Crippen LogP contribution in [0.25, 0.3) is 17.0 Å². The van der Waals surface area contributed by atoms with Gasteiger partial charge in [-0.2, -0.15) is 13.2 Å². The Morgan fingerprint density at radius 2 is 1.68 bits per heavy atom. The highest BCUT2D eigenvalue weighted by Crippen LogP contribution is 2.22. The van der Waals surface area contributed by atoms with Crippen LogP contribution in [0.1, 0.15) is 61.9 Å². The first kappa shape index (κ1) is 33.6. The van der Waals surface area contributed by atoms with Gasteiger partial charge in [0.05, 0.1) is 0 Å². The molecule has 0 spiro atoms. The van der Waals surface area contributed by atoms with Gasteiger partial charge in [0.25, 0.3) is 5.91 Å². The van der Waals surface area contributed by atoms with E-state index in [4.69, 9.17) is 9.90 Å². The summed E-state index contributed by atoms with van der Waals surface area (Å²) < 4.78 is 31.7. The van der Waals surface area contributed by atoms with Crippen molar-refractivity contribution in [1.29, 1.82) is 0 Å². The molecular formula is C31H41F3N4O3. The number of hydrogen-bond donors (Lipinski definition) is 4. The second-order valence-electron chi connectivity index (χ2n) is 9.75. The number of amides is 1. The van der Waals surface area contributed by atoms with Crippen molar-refractivity contribution >= 4 is 28.9 Å². The molecule has 7 nitrogen and oxygen atoms in total. The molecule has 0 fully saturated rings. The van der Waals surface area contributed by atoms with Crippen LogP contribution in [0.2, 0.25) is 0 Å². The van der Waals surface area contributed by atoms with Crippen LogP contribution in [-0.2, 0) is 22.6 Å². The molecule has 3 aromatic rings. The summed E-state index contributed by atoms with van der Waals surface area (Å²) in [4.78, 5) is 24.7. The van der Waals surface area contributed by atoms with Gasteiger partial charge in [0, 0.05) is 42.3 Å². The minimum absolute atomic E-state index is 0.0664. The summed E-state index contributed by atoms with van der Waals surface area (Å²) in [6, 6.07) is 16.9. The summed E-state index contributed by atoms with van der Waals surface area (Å²) in [5.41, 5.74) is 9.14. The van der Waals surface area contributed by atoms with E-state index in [1.54, 1.807) is 6.08 Å². The van der Waals surface area contributed by atoms with E-state index in [-0.39, 0.29) is 5.91 Å². The smallest absolute Gasteiger partial charge is 0.475 e. The molecule has 41 heavy (non-hydrogen) atoms. The molecule has 0 unspecified atom stereocenters. The minimum atomic E-state index is -5.08.